The summed E-state index contributed by atoms with van der Waals surface area (Å²) in [4.78, 5) is 23.1. The topological polar surface area (TPSA) is 75.6 Å². The number of ether oxygens (including phenoxy) is 1. The molecule has 26 heavy (non-hydrogen) atoms. The molecule has 2 rings (SSSR count). The van der Waals surface area contributed by atoms with E-state index in [0.717, 1.165) is 17.0 Å². The van der Waals surface area contributed by atoms with Crippen molar-refractivity contribution >= 4 is 29.3 Å². The van der Waals surface area contributed by atoms with Gasteiger partial charge in [-0.3, -0.25) is 4.79 Å². The van der Waals surface area contributed by atoms with Crippen molar-refractivity contribution in [3.05, 3.63) is 59.2 Å². The zero-order chi connectivity index (χ0) is 19.1. The summed E-state index contributed by atoms with van der Waals surface area (Å²) in [6, 6.07) is 12.4. The maximum absolute atomic E-state index is 12.5. The van der Waals surface area contributed by atoms with Crippen LogP contribution in [-0.4, -0.2) is 28.8 Å². The fourth-order valence-electron chi connectivity index (χ4n) is 2.30. The van der Waals surface area contributed by atoms with E-state index in [1.807, 2.05) is 30.8 Å². The van der Waals surface area contributed by atoms with Gasteiger partial charge in [0.25, 0.3) is 5.91 Å². The second kappa shape index (κ2) is 9.29. The van der Waals surface area contributed by atoms with E-state index in [0.29, 0.717) is 16.6 Å². The highest BCUT2D eigenvalue weighted by atomic mass is 32.2. The highest BCUT2D eigenvalue weighted by Gasteiger charge is 2.11. The van der Waals surface area contributed by atoms with E-state index < -0.39 is 12.6 Å². The van der Waals surface area contributed by atoms with Crippen LogP contribution < -0.4 is 10.1 Å². The average Bonchev–Trinajstić information content (AvgIpc) is 2.60. The van der Waals surface area contributed by atoms with Gasteiger partial charge in [0.2, 0.25) is 0 Å². The number of benzene rings is 2. The van der Waals surface area contributed by atoms with Crippen molar-refractivity contribution in [1.82, 2.24) is 0 Å². The summed E-state index contributed by atoms with van der Waals surface area (Å²) in [7, 11) is 0. The van der Waals surface area contributed by atoms with E-state index in [4.69, 9.17) is 9.84 Å². The van der Waals surface area contributed by atoms with Crippen molar-refractivity contribution in [3.63, 3.8) is 0 Å². The van der Waals surface area contributed by atoms with Gasteiger partial charge in [-0.1, -0.05) is 32.0 Å². The molecule has 6 heteroatoms. The molecule has 0 bridgehead atoms. The molecule has 0 aliphatic heterocycles. The van der Waals surface area contributed by atoms with Gasteiger partial charge < -0.3 is 15.2 Å². The van der Waals surface area contributed by atoms with Crippen molar-refractivity contribution in [2.75, 3.05) is 11.9 Å². The molecule has 0 unspecified atom stereocenters. The predicted molar refractivity (Wildman–Crippen MR) is 105 cm³/mol. The summed E-state index contributed by atoms with van der Waals surface area (Å²) in [6.07, 6.45) is 0. The number of carbonyl (C=O) groups is 2. The van der Waals surface area contributed by atoms with E-state index in [-0.39, 0.29) is 5.91 Å². The first-order chi connectivity index (χ1) is 12.4. The van der Waals surface area contributed by atoms with Gasteiger partial charge in [0.1, 0.15) is 5.75 Å². The zero-order valence-corrected chi connectivity index (χ0v) is 15.9. The molecule has 0 radical (unpaired) electrons. The summed E-state index contributed by atoms with van der Waals surface area (Å²) in [6.45, 7) is 5.87. The molecule has 0 aliphatic rings. The Bertz CT molecular complexity index is 789. The molecule has 0 atom stereocenters. The molecule has 2 aromatic carbocycles. The predicted octanol–water partition coefficient (Wildman–Crippen LogP) is 4.35. The number of carbonyl (C=O) groups excluding carboxylic acids is 1. The summed E-state index contributed by atoms with van der Waals surface area (Å²) in [5.74, 6) is -0.0842. The van der Waals surface area contributed by atoms with Crippen molar-refractivity contribution in [2.45, 2.75) is 31.8 Å². The minimum atomic E-state index is -1.06. The number of thioether (sulfide) groups is 1. The Hall–Kier alpha value is -2.47. The smallest absolute Gasteiger partial charge is 0.341 e. The van der Waals surface area contributed by atoms with Crippen LogP contribution >= 0.6 is 11.8 Å². The molecule has 0 saturated heterocycles. The first-order valence-corrected chi connectivity index (χ1v) is 9.37. The van der Waals surface area contributed by atoms with Gasteiger partial charge >= 0.3 is 5.97 Å². The van der Waals surface area contributed by atoms with Crippen LogP contribution in [0.3, 0.4) is 0 Å². The van der Waals surface area contributed by atoms with E-state index >= 15 is 0 Å². The average molecular weight is 373 g/mol. The summed E-state index contributed by atoms with van der Waals surface area (Å²) >= 11 is 1.86. The highest BCUT2D eigenvalue weighted by molar-refractivity contribution is 7.99. The number of anilines is 1. The van der Waals surface area contributed by atoms with Crippen LogP contribution in [0, 0.1) is 6.92 Å². The molecule has 0 fully saturated rings. The standard InChI is InChI=1S/C20H23NO4S/c1-13(2)26-12-16-7-5-9-18(14(16)3)21-20(24)15-6-4-8-17(10-15)25-11-19(22)23/h4-10,13H,11-12H2,1-3H3,(H,21,24)(H,22,23). The summed E-state index contributed by atoms with van der Waals surface area (Å²) in [5.41, 5.74) is 3.43. The second-order valence-electron chi connectivity index (χ2n) is 6.11. The number of hydrogen-bond donors (Lipinski definition) is 2. The minimum absolute atomic E-state index is 0.262. The first-order valence-electron chi connectivity index (χ1n) is 8.33. The monoisotopic (exact) mass is 373 g/mol. The van der Waals surface area contributed by atoms with Crippen LogP contribution in [0.4, 0.5) is 5.69 Å². The Kier molecular flexibility index (Phi) is 7.09. The zero-order valence-electron chi connectivity index (χ0n) is 15.1. The van der Waals surface area contributed by atoms with Crippen LogP contribution in [0.15, 0.2) is 42.5 Å². The number of carboxylic acid groups (broad SMARTS) is 1. The summed E-state index contributed by atoms with van der Waals surface area (Å²) in [5, 5.41) is 12.1. The fourth-order valence-corrected chi connectivity index (χ4v) is 3.12. The van der Waals surface area contributed by atoms with Gasteiger partial charge in [-0.05, 0) is 47.6 Å². The van der Waals surface area contributed by atoms with Crippen molar-refractivity contribution in [1.29, 1.82) is 0 Å². The maximum atomic E-state index is 12.5. The molecule has 138 valence electrons. The van der Waals surface area contributed by atoms with E-state index in [1.165, 1.54) is 11.6 Å². The number of aliphatic carboxylic acids is 1. The van der Waals surface area contributed by atoms with E-state index in [1.54, 1.807) is 18.2 Å². The number of rotatable bonds is 8. The third-order valence-corrected chi connectivity index (χ3v) is 4.87. The Morgan fingerprint density at radius 3 is 2.62 bits per heavy atom. The van der Waals surface area contributed by atoms with Crippen LogP contribution in [0.1, 0.15) is 35.3 Å². The SMILES string of the molecule is Cc1c(CSC(C)C)cccc1NC(=O)c1cccc(OCC(=O)O)c1. The lowest BCUT2D eigenvalue weighted by atomic mass is 10.1. The molecule has 5 nitrogen and oxygen atoms in total. The molecule has 1 amide bonds. The summed E-state index contributed by atoms with van der Waals surface area (Å²) < 4.78 is 5.12. The van der Waals surface area contributed by atoms with Gasteiger partial charge in [-0.2, -0.15) is 11.8 Å². The molecule has 0 spiro atoms. The van der Waals surface area contributed by atoms with Crippen LogP contribution in [0.2, 0.25) is 0 Å². The lowest BCUT2D eigenvalue weighted by molar-refractivity contribution is -0.139. The molecular weight excluding hydrogens is 350 g/mol. The van der Waals surface area contributed by atoms with Crippen molar-refractivity contribution in [3.8, 4) is 5.75 Å². The molecule has 0 saturated carbocycles. The Morgan fingerprint density at radius 1 is 1.19 bits per heavy atom. The van der Waals surface area contributed by atoms with Gasteiger partial charge in [0.15, 0.2) is 6.61 Å². The minimum Gasteiger partial charge on any atom is -0.482 e. The Balaban J connectivity index is 2.11. The molecule has 0 aromatic heterocycles. The van der Waals surface area contributed by atoms with Gasteiger partial charge in [-0.25, -0.2) is 4.79 Å². The number of hydrogen-bond acceptors (Lipinski definition) is 4. The third kappa shape index (κ3) is 5.81. The maximum Gasteiger partial charge on any atom is 0.341 e. The number of amides is 1. The molecular formula is C20H23NO4S. The quantitative estimate of drug-likeness (QED) is 0.719. The number of nitrogens with one attached hydrogen (secondary N) is 1. The Labute approximate surface area is 157 Å². The van der Waals surface area contributed by atoms with Crippen molar-refractivity contribution < 1.29 is 19.4 Å². The van der Waals surface area contributed by atoms with Crippen LogP contribution in [0.25, 0.3) is 0 Å². The van der Waals surface area contributed by atoms with Crippen molar-refractivity contribution in [2.24, 2.45) is 0 Å². The van der Waals surface area contributed by atoms with Crippen LogP contribution in [-0.2, 0) is 10.5 Å². The lowest BCUT2D eigenvalue weighted by Gasteiger charge is -2.14. The third-order valence-electron chi connectivity index (χ3n) is 3.72. The highest BCUT2D eigenvalue weighted by Crippen LogP contribution is 2.25. The Morgan fingerprint density at radius 2 is 1.92 bits per heavy atom. The van der Waals surface area contributed by atoms with Gasteiger partial charge in [-0.15, -0.1) is 0 Å². The van der Waals surface area contributed by atoms with Gasteiger partial charge in [0, 0.05) is 17.0 Å². The second-order valence-corrected chi connectivity index (χ2v) is 7.68. The normalized spacial score (nSPS) is 10.6. The first kappa shape index (κ1) is 19.8. The lowest BCUT2D eigenvalue weighted by Crippen LogP contribution is -2.14. The molecule has 0 aliphatic carbocycles. The fraction of sp³-hybridized carbons (Fsp3) is 0.300. The molecule has 0 heterocycles. The number of carboxylic acids is 1. The molecule has 2 N–H and O–H groups in total. The van der Waals surface area contributed by atoms with Crippen LogP contribution in [0.5, 0.6) is 5.75 Å². The largest absolute Gasteiger partial charge is 0.482 e. The van der Waals surface area contributed by atoms with Gasteiger partial charge in [0.05, 0.1) is 0 Å². The molecule has 2 aromatic rings. The van der Waals surface area contributed by atoms with E-state index in [9.17, 15) is 9.59 Å². The van der Waals surface area contributed by atoms with E-state index in [2.05, 4.69) is 25.2 Å².